The molecule has 1 N–H and O–H groups in total. The lowest BCUT2D eigenvalue weighted by molar-refractivity contribution is -0.141. The molecule has 11 heteroatoms. The Morgan fingerprint density at radius 2 is 1.35 bits per heavy atom. The number of thiazole rings is 1. The molecule has 4 aromatic rings. The number of benzene rings is 3. The van der Waals surface area contributed by atoms with Gasteiger partial charge < -0.3 is 5.32 Å². The molecule has 2 nitrogen and oxygen atoms in total. The van der Waals surface area contributed by atoms with E-state index in [1.807, 2.05) is 0 Å². The lowest BCUT2D eigenvalue weighted by atomic mass is 9.77. The molecule has 1 atom stereocenters. The average Bonchev–Trinajstić information content (AvgIpc) is 3.19. The molecule has 1 unspecified atom stereocenters. The van der Waals surface area contributed by atoms with E-state index in [0.29, 0.717) is 23.0 Å². The minimum Gasteiger partial charge on any atom is -0.348 e. The van der Waals surface area contributed by atoms with Crippen LogP contribution in [0.1, 0.15) is 32.8 Å². The summed E-state index contributed by atoms with van der Waals surface area (Å²) in [6.45, 7) is 1.21. The number of halogens is 8. The zero-order valence-corrected chi connectivity index (χ0v) is 19.8. The first-order valence-electron chi connectivity index (χ1n) is 10.8. The predicted octanol–water partition coefficient (Wildman–Crippen LogP) is 8.37. The number of nitrogens with zero attached hydrogens (tertiary/aromatic N) is 1. The fraction of sp³-hybridized carbons (Fsp3) is 0.192. The van der Waals surface area contributed by atoms with Crippen LogP contribution in [-0.4, -0.2) is 4.98 Å². The quantitative estimate of drug-likeness (QED) is 0.248. The van der Waals surface area contributed by atoms with E-state index in [4.69, 9.17) is 0 Å². The molecule has 1 heterocycles. The van der Waals surface area contributed by atoms with Crippen LogP contribution in [0.4, 0.5) is 40.3 Å². The van der Waals surface area contributed by atoms with Gasteiger partial charge in [-0.1, -0.05) is 42.5 Å². The third-order valence-electron chi connectivity index (χ3n) is 5.75. The number of hydrogen-bond acceptors (Lipinski definition) is 3. The van der Waals surface area contributed by atoms with Gasteiger partial charge in [0.05, 0.1) is 11.1 Å². The molecule has 4 rings (SSSR count). The van der Waals surface area contributed by atoms with Crippen LogP contribution in [0, 0.1) is 18.6 Å². The van der Waals surface area contributed by atoms with Crippen molar-refractivity contribution in [3.63, 3.8) is 0 Å². The zero-order valence-electron chi connectivity index (χ0n) is 19.0. The lowest BCUT2D eigenvalue weighted by Gasteiger charge is -2.37. The molecule has 0 aliphatic carbocycles. The van der Waals surface area contributed by atoms with Crippen LogP contribution >= 0.6 is 11.3 Å². The zero-order chi connectivity index (χ0) is 27.0. The molecule has 0 spiro atoms. The van der Waals surface area contributed by atoms with E-state index in [2.05, 4.69) is 10.3 Å². The van der Waals surface area contributed by atoms with Crippen LogP contribution in [0.25, 0.3) is 0 Å². The summed E-state index contributed by atoms with van der Waals surface area (Å²) in [5, 5.41) is 2.64. The van der Waals surface area contributed by atoms with Gasteiger partial charge >= 0.3 is 12.4 Å². The van der Waals surface area contributed by atoms with E-state index < -0.39 is 40.8 Å². The van der Waals surface area contributed by atoms with Crippen LogP contribution < -0.4 is 5.32 Å². The van der Waals surface area contributed by atoms with Gasteiger partial charge in [-0.2, -0.15) is 26.3 Å². The number of aryl methyl sites for hydroxylation is 1. The molecule has 0 fully saturated rings. The van der Waals surface area contributed by atoms with Crippen molar-refractivity contribution in [2.75, 3.05) is 5.32 Å². The van der Waals surface area contributed by atoms with Crippen LogP contribution in [0.2, 0.25) is 0 Å². The first kappa shape index (κ1) is 26.6. The van der Waals surface area contributed by atoms with Crippen molar-refractivity contribution in [2.24, 2.45) is 0 Å². The van der Waals surface area contributed by atoms with Gasteiger partial charge in [0.1, 0.15) is 11.6 Å². The second-order valence-corrected chi connectivity index (χ2v) is 9.55. The smallest absolute Gasteiger partial charge is 0.348 e. The number of alkyl halides is 6. The van der Waals surface area contributed by atoms with Crippen LogP contribution in [0.3, 0.4) is 0 Å². The van der Waals surface area contributed by atoms with Crippen LogP contribution in [-0.2, 0) is 24.3 Å². The van der Waals surface area contributed by atoms with E-state index in [-0.39, 0.29) is 27.6 Å². The van der Waals surface area contributed by atoms with Gasteiger partial charge in [-0.25, -0.2) is 13.8 Å². The SMILES string of the molecule is Cc1sc(NC(Cc2ccccc2)(c2ccc(F)cc2)c2cc(F)cc(C(F)(F)F)c2)nc1C(F)(F)F. The molecule has 194 valence electrons. The molecule has 0 amide bonds. The fourth-order valence-electron chi connectivity index (χ4n) is 4.09. The molecular weight excluding hydrogens is 524 g/mol. The van der Waals surface area contributed by atoms with Gasteiger partial charge in [-0.3, -0.25) is 0 Å². The summed E-state index contributed by atoms with van der Waals surface area (Å²) in [6, 6.07) is 15.0. The number of nitrogens with one attached hydrogen (secondary N) is 1. The third-order valence-corrected chi connectivity index (χ3v) is 6.64. The molecule has 0 saturated carbocycles. The minimum atomic E-state index is -4.90. The topological polar surface area (TPSA) is 24.9 Å². The first-order chi connectivity index (χ1) is 17.3. The van der Waals surface area contributed by atoms with E-state index in [0.717, 1.165) is 24.3 Å². The van der Waals surface area contributed by atoms with Crippen molar-refractivity contribution in [1.29, 1.82) is 0 Å². The number of hydrogen-bond donors (Lipinski definition) is 1. The third kappa shape index (κ3) is 5.76. The highest BCUT2D eigenvalue weighted by Gasteiger charge is 2.41. The van der Waals surface area contributed by atoms with Gasteiger partial charge in [0.2, 0.25) is 0 Å². The largest absolute Gasteiger partial charge is 0.434 e. The van der Waals surface area contributed by atoms with Crippen LogP contribution in [0.15, 0.2) is 72.8 Å². The molecule has 0 radical (unpaired) electrons. The molecule has 0 aliphatic rings. The van der Waals surface area contributed by atoms with Crippen molar-refractivity contribution in [1.82, 2.24) is 4.98 Å². The summed E-state index contributed by atoms with van der Waals surface area (Å²) in [5.41, 5.74) is -3.65. The van der Waals surface area contributed by atoms with Crippen LogP contribution in [0.5, 0.6) is 0 Å². The second kappa shape index (κ2) is 9.77. The maximum atomic E-state index is 14.6. The Bertz CT molecular complexity index is 1380. The number of aromatic nitrogens is 1. The van der Waals surface area contributed by atoms with Gasteiger partial charge in [0.15, 0.2) is 10.8 Å². The van der Waals surface area contributed by atoms with E-state index in [9.17, 15) is 35.1 Å². The summed E-state index contributed by atoms with van der Waals surface area (Å²) in [5.74, 6) is -1.84. The Labute approximate surface area is 210 Å². The van der Waals surface area contributed by atoms with Gasteiger partial charge in [-0.05, 0) is 53.9 Å². The summed E-state index contributed by atoms with van der Waals surface area (Å²) >= 11 is 0.653. The van der Waals surface area contributed by atoms with Crippen molar-refractivity contribution >= 4 is 16.5 Å². The summed E-state index contributed by atoms with van der Waals surface area (Å²) in [4.78, 5) is 3.49. The Balaban J connectivity index is 2.01. The standard InChI is InChI=1S/C26H18F8N2S/c1-15-22(26(32,33)34)35-23(37-15)36-24(14-16-5-3-2-4-6-16,17-7-9-20(27)10-8-17)18-11-19(25(29,30)31)13-21(28)12-18/h2-13H,14H2,1H3,(H,35,36). The first-order valence-corrected chi connectivity index (χ1v) is 11.6. The second-order valence-electron chi connectivity index (χ2n) is 8.35. The highest BCUT2D eigenvalue weighted by molar-refractivity contribution is 7.15. The molecule has 0 saturated heterocycles. The Morgan fingerprint density at radius 1 is 0.730 bits per heavy atom. The highest BCUT2D eigenvalue weighted by Crippen LogP contribution is 2.43. The fourth-order valence-corrected chi connectivity index (χ4v) is 5.00. The minimum absolute atomic E-state index is 0.125. The molecule has 37 heavy (non-hydrogen) atoms. The van der Waals surface area contributed by atoms with Gasteiger partial charge in [-0.15, -0.1) is 11.3 Å². The summed E-state index contributed by atoms with van der Waals surface area (Å²) < 4.78 is 110. The summed E-state index contributed by atoms with van der Waals surface area (Å²) in [7, 11) is 0. The molecule has 0 aliphatic heterocycles. The molecule has 0 bridgehead atoms. The van der Waals surface area contributed by atoms with Gasteiger partial charge in [0, 0.05) is 11.3 Å². The van der Waals surface area contributed by atoms with E-state index in [1.165, 1.54) is 19.1 Å². The Morgan fingerprint density at radius 3 is 1.92 bits per heavy atom. The number of anilines is 1. The highest BCUT2D eigenvalue weighted by atomic mass is 32.1. The Kier molecular flexibility index (Phi) is 7.02. The van der Waals surface area contributed by atoms with Crippen molar-refractivity contribution in [3.8, 4) is 0 Å². The maximum absolute atomic E-state index is 14.6. The summed E-state index contributed by atoms with van der Waals surface area (Å²) in [6.07, 6.45) is -9.79. The normalized spacial score (nSPS) is 13.9. The monoisotopic (exact) mass is 542 g/mol. The van der Waals surface area contributed by atoms with E-state index in [1.54, 1.807) is 30.3 Å². The lowest BCUT2D eigenvalue weighted by Crippen LogP contribution is -2.39. The van der Waals surface area contributed by atoms with Crippen molar-refractivity contribution in [3.05, 3.63) is 117 Å². The van der Waals surface area contributed by atoms with Crippen molar-refractivity contribution in [2.45, 2.75) is 31.2 Å². The molecule has 3 aromatic carbocycles. The Hall–Kier alpha value is -3.47. The van der Waals surface area contributed by atoms with Gasteiger partial charge in [0.25, 0.3) is 0 Å². The average molecular weight is 542 g/mol. The number of rotatable bonds is 6. The molecular formula is C26H18F8N2S. The van der Waals surface area contributed by atoms with Crippen molar-refractivity contribution < 1.29 is 35.1 Å². The van der Waals surface area contributed by atoms with E-state index >= 15 is 0 Å². The maximum Gasteiger partial charge on any atom is 0.434 e. The molecule has 1 aromatic heterocycles. The predicted molar refractivity (Wildman–Crippen MR) is 124 cm³/mol.